The number of alkyl halides is 1. The zero-order chi connectivity index (χ0) is 12.8. The largest absolute Gasteiger partial charge is 0.300 e. The topological polar surface area (TPSA) is 46.2 Å². The van der Waals surface area contributed by atoms with Gasteiger partial charge in [0.1, 0.15) is 5.78 Å². The standard InChI is InChI=1S/C11H22ClNO2S/c1-9(14)8-10(6-5-7-12)13-16(15)11(2,3)4/h10,13H,5-8H2,1-4H3/t10-,16-/m1/s1. The third kappa shape index (κ3) is 7.36. The van der Waals surface area contributed by atoms with Crippen molar-refractivity contribution in [3.8, 4) is 0 Å². The molecule has 0 aliphatic carbocycles. The summed E-state index contributed by atoms with van der Waals surface area (Å²) in [7, 11) is -1.13. The maximum absolute atomic E-state index is 11.9. The SMILES string of the molecule is CC(=O)C[C@@H](CCCCl)N[S@](=O)C(C)(C)C. The molecule has 0 spiro atoms. The van der Waals surface area contributed by atoms with E-state index >= 15 is 0 Å². The molecule has 0 aromatic rings. The Bertz CT molecular complexity index is 251. The van der Waals surface area contributed by atoms with Crippen molar-refractivity contribution in [3.63, 3.8) is 0 Å². The molecule has 0 aromatic carbocycles. The Morgan fingerprint density at radius 2 is 2.00 bits per heavy atom. The summed E-state index contributed by atoms with van der Waals surface area (Å²) in [6.45, 7) is 7.27. The Hall–Kier alpha value is 0.0700. The third-order valence-electron chi connectivity index (χ3n) is 2.05. The number of halogens is 1. The van der Waals surface area contributed by atoms with E-state index in [9.17, 15) is 9.00 Å². The van der Waals surface area contributed by atoms with E-state index in [2.05, 4.69) is 4.72 Å². The van der Waals surface area contributed by atoms with Gasteiger partial charge in [-0.3, -0.25) is 4.79 Å². The summed E-state index contributed by atoms with van der Waals surface area (Å²) in [5, 5.41) is 0. The van der Waals surface area contributed by atoms with Crippen molar-refractivity contribution in [1.82, 2.24) is 4.72 Å². The van der Waals surface area contributed by atoms with E-state index < -0.39 is 11.0 Å². The van der Waals surface area contributed by atoms with E-state index in [1.54, 1.807) is 6.92 Å². The fourth-order valence-electron chi connectivity index (χ4n) is 1.20. The number of Topliss-reactive ketones (excluding diaryl/α,β-unsaturated/α-hetero) is 1. The molecule has 0 radical (unpaired) electrons. The summed E-state index contributed by atoms with van der Waals surface area (Å²) in [5.41, 5.74) is 0. The van der Waals surface area contributed by atoms with Gasteiger partial charge in [-0.25, -0.2) is 8.93 Å². The molecule has 0 aliphatic rings. The monoisotopic (exact) mass is 267 g/mol. The van der Waals surface area contributed by atoms with Crippen molar-refractivity contribution in [1.29, 1.82) is 0 Å². The van der Waals surface area contributed by atoms with Gasteiger partial charge in [-0.2, -0.15) is 0 Å². The summed E-state index contributed by atoms with van der Waals surface area (Å²) in [4.78, 5) is 11.1. The van der Waals surface area contributed by atoms with Gasteiger partial charge in [0.25, 0.3) is 0 Å². The second-order valence-electron chi connectivity index (χ2n) is 4.93. The van der Waals surface area contributed by atoms with E-state index in [1.165, 1.54) is 0 Å². The molecular formula is C11H22ClNO2S. The molecule has 16 heavy (non-hydrogen) atoms. The fourth-order valence-corrected chi connectivity index (χ4v) is 2.21. The maximum Gasteiger partial charge on any atom is 0.131 e. The second-order valence-corrected chi connectivity index (χ2v) is 7.31. The Kier molecular flexibility index (Phi) is 7.44. The summed E-state index contributed by atoms with van der Waals surface area (Å²) in [5.74, 6) is 0.677. The third-order valence-corrected chi connectivity index (χ3v) is 3.98. The van der Waals surface area contributed by atoms with Crippen LogP contribution in [0.2, 0.25) is 0 Å². The van der Waals surface area contributed by atoms with Crippen LogP contribution in [0.25, 0.3) is 0 Å². The van der Waals surface area contributed by atoms with Crippen LogP contribution in [0.5, 0.6) is 0 Å². The molecule has 3 nitrogen and oxygen atoms in total. The minimum Gasteiger partial charge on any atom is -0.300 e. The molecule has 0 fully saturated rings. The van der Waals surface area contributed by atoms with E-state index in [4.69, 9.17) is 11.6 Å². The van der Waals surface area contributed by atoms with Crippen molar-refractivity contribution in [2.75, 3.05) is 5.88 Å². The van der Waals surface area contributed by atoms with Gasteiger partial charge < -0.3 is 0 Å². The summed E-state index contributed by atoms with van der Waals surface area (Å²) in [6.07, 6.45) is 2.03. The molecule has 0 rings (SSSR count). The molecular weight excluding hydrogens is 246 g/mol. The predicted molar refractivity (Wildman–Crippen MR) is 70.1 cm³/mol. The molecule has 0 saturated heterocycles. The van der Waals surface area contributed by atoms with Crippen LogP contribution in [-0.2, 0) is 15.8 Å². The molecule has 0 amide bonds. The van der Waals surface area contributed by atoms with Crippen molar-refractivity contribution in [2.45, 2.75) is 57.7 Å². The molecule has 0 unspecified atom stereocenters. The average Bonchev–Trinajstić information content (AvgIpc) is 2.11. The number of hydrogen-bond acceptors (Lipinski definition) is 2. The van der Waals surface area contributed by atoms with Crippen LogP contribution in [0.15, 0.2) is 0 Å². The lowest BCUT2D eigenvalue weighted by Gasteiger charge is -2.23. The Labute approximate surface area is 106 Å². The first-order valence-electron chi connectivity index (χ1n) is 5.51. The zero-order valence-corrected chi connectivity index (χ0v) is 12.1. The molecule has 0 aliphatic heterocycles. The Morgan fingerprint density at radius 1 is 1.44 bits per heavy atom. The van der Waals surface area contributed by atoms with Crippen molar-refractivity contribution >= 4 is 28.4 Å². The molecule has 96 valence electrons. The summed E-state index contributed by atoms with van der Waals surface area (Å²) in [6, 6.07) is -0.0312. The normalized spacial score (nSPS) is 15.8. The van der Waals surface area contributed by atoms with Crippen LogP contribution in [-0.4, -0.2) is 26.7 Å². The van der Waals surface area contributed by atoms with Crippen molar-refractivity contribution < 1.29 is 9.00 Å². The molecule has 0 saturated carbocycles. The highest BCUT2D eigenvalue weighted by Crippen LogP contribution is 2.12. The molecule has 1 N–H and O–H groups in total. The first-order valence-corrected chi connectivity index (χ1v) is 7.19. The van der Waals surface area contributed by atoms with Crippen molar-refractivity contribution in [3.05, 3.63) is 0 Å². The van der Waals surface area contributed by atoms with E-state index in [1.807, 2.05) is 20.8 Å². The smallest absolute Gasteiger partial charge is 0.131 e. The van der Waals surface area contributed by atoms with Crippen molar-refractivity contribution in [2.24, 2.45) is 0 Å². The van der Waals surface area contributed by atoms with E-state index in [-0.39, 0.29) is 16.6 Å². The van der Waals surface area contributed by atoms with Gasteiger partial charge in [0.2, 0.25) is 0 Å². The Morgan fingerprint density at radius 3 is 2.38 bits per heavy atom. The van der Waals surface area contributed by atoms with Gasteiger partial charge in [0, 0.05) is 18.3 Å². The summed E-state index contributed by atoms with van der Waals surface area (Å²) < 4.78 is 14.6. The molecule has 0 bridgehead atoms. The highest BCUT2D eigenvalue weighted by molar-refractivity contribution is 7.84. The van der Waals surface area contributed by atoms with E-state index in [0.717, 1.165) is 12.8 Å². The lowest BCUT2D eigenvalue weighted by atomic mass is 10.1. The molecule has 2 atom stereocenters. The van der Waals surface area contributed by atoms with Crippen LogP contribution in [0, 0.1) is 0 Å². The lowest BCUT2D eigenvalue weighted by molar-refractivity contribution is -0.117. The minimum absolute atomic E-state index is 0.0312. The minimum atomic E-state index is -1.13. The molecule has 0 heterocycles. The number of rotatable bonds is 7. The maximum atomic E-state index is 11.9. The quantitative estimate of drug-likeness (QED) is 0.720. The number of hydrogen-bond donors (Lipinski definition) is 1. The average molecular weight is 268 g/mol. The number of nitrogens with one attached hydrogen (secondary N) is 1. The van der Waals surface area contributed by atoms with Gasteiger partial charge in [-0.05, 0) is 40.5 Å². The van der Waals surface area contributed by atoms with Gasteiger partial charge in [0.15, 0.2) is 0 Å². The van der Waals surface area contributed by atoms with Gasteiger partial charge in [0.05, 0.1) is 15.7 Å². The number of carbonyl (C=O) groups excluding carboxylic acids is 1. The van der Waals surface area contributed by atoms with Crippen LogP contribution < -0.4 is 4.72 Å². The highest BCUT2D eigenvalue weighted by Gasteiger charge is 2.23. The zero-order valence-electron chi connectivity index (χ0n) is 10.5. The first kappa shape index (κ1) is 16.1. The number of carbonyl (C=O) groups is 1. The van der Waals surface area contributed by atoms with Crippen LogP contribution >= 0.6 is 11.6 Å². The van der Waals surface area contributed by atoms with Gasteiger partial charge in [-0.15, -0.1) is 11.6 Å². The van der Waals surface area contributed by atoms with Crippen LogP contribution in [0.3, 0.4) is 0 Å². The number of ketones is 1. The van der Waals surface area contributed by atoms with Gasteiger partial charge >= 0.3 is 0 Å². The van der Waals surface area contributed by atoms with Crippen LogP contribution in [0.1, 0.15) is 47.0 Å². The lowest BCUT2D eigenvalue weighted by Crippen LogP contribution is -2.40. The second kappa shape index (κ2) is 7.41. The molecule has 5 heteroatoms. The predicted octanol–water partition coefficient (Wildman–Crippen LogP) is 2.40. The summed E-state index contributed by atoms with van der Waals surface area (Å²) >= 11 is 5.62. The van der Waals surface area contributed by atoms with Gasteiger partial charge in [-0.1, -0.05) is 0 Å². The van der Waals surface area contributed by atoms with Crippen LogP contribution in [0.4, 0.5) is 0 Å². The fraction of sp³-hybridized carbons (Fsp3) is 0.909. The highest BCUT2D eigenvalue weighted by atomic mass is 35.5. The Balaban J connectivity index is 4.30. The van der Waals surface area contributed by atoms with E-state index in [0.29, 0.717) is 12.3 Å². The molecule has 0 aromatic heterocycles. The first-order chi connectivity index (χ1) is 7.27.